The summed E-state index contributed by atoms with van der Waals surface area (Å²) < 4.78 is 12.9. The molecule has 150 valence electrons. The lowest BCUT2D eigenvalue weighted by Crippen LogP contribution is -2.62. The zero-order chi connectivity index (χ0) is 20.1. The highest BCUT2D eigenvalue weighted by Crippen LogP contribution is 2.23. The molecule has 0 spiro atoms. The van der Waals surface area contributed by atoms with Crippen LogP contribution in [-0.2, 0) is 6.42 Å². The van der Waals surface area contributed by atoms with E-state index in [0.29, 0.717) is 36.5 Å². The number of piperidine rings is 1. The van der Waals surface area contributed by atoms with E-state index in [2.05, 4.69) is 5.32 Å². The molecule has 2 aromatic rings. The van der Waals surface area contributed by atoms with Crippen LogP contribution in [0.1, 0.15) is 22.3 Å². The number of benzene rings is 2. The lowest BCUT2D eigenvalue weighted by molar-refractivity contribution is -0.111. The summed E-state index contributed by atoms with van der Waals surface area (Å²) in [5.74, 6) is -0.477. The molecule has 2 aromatic carbocycles. The monoisotopic (exact) mass is 406 g/mol. The maximum absolute atomic E-state index is 12.9. The molecule has 0 bridgehead atoms. The third-order valence-corrected chi connectivity index (χ3v) is 5.32. The Morgan fingerprint density at radius 1 is 1.21 bits per heavy atom. The van der Waals surface area contributed by atoms with E-state index >= 15 is 0 Å². The number of carbonyl (C=O) groups is 1. The van der Waals surface area contributed by atoms with E-state index in [4.69, 9.17) is 11.6 Å². The summed E-state index contributed by atoms with van der Waals surface area (Å²) in [4.78, 5) is 14.2. The number of carbonyl (C=O) groups excluding carboxylic acids is 1. The minimum Gasteiger partial charge on any atom is -0.390 e. The van der Waals surface area contributed by atoms with Crippen LogP contribution in [0.5, 0.6) is 0 Å². The normalized spacial score (nSPS) is 22.3. The summed E-state index contributed by atoms with van der Waals surface area (Å²) >= 11 is 5.86. The van der Waals surface area contributed by atoms with Gasteiger partial charge in [0.15, 0.2) is 0 Å². The number of rotatable bonds is 6. The van der Waals surface area contributed by atoms with Crippen molar-refractivity contribution in [3.8, 4) is 0 Å². The van der Waals surface area contributed by atoms with E-state index in [0.717, 1.165) is 5.56 Å². The molecule has 0 unspecified atom stereocenters. The van der Waals surface area contributed by atoms with E-state index in [-0.39, 0.29) is 24.8 Å². The second-order valence-electron chi connectivity index (χ2n) is 7.19. The second-order valence-corrected chi connectivity index (χ2v) is 7.63. The molecule has 1 fully saturated rings. The maximum atomic E-state index is 12.9. The molecule has 1 aliphatic rings. The SMILES string of the molecule is O=C(c1ccc(Cl)cc1)N1CC[C@H](O)[C@@](O)(CNCCc2ccc(F)cc2)C1. The molecule has 0 aliphatic carbocycles. The molecule has 1 aliphatic heterocycles. The van der Waals surface area contributed by atoms with Gasteiger partial charge in [0.1, 0.15) is 11.4 Å². The van der Waals surface area contributed by atoms with E-state index in [9.17, 15) is 19.4 Å². The fraction of sp³-hybridized carbons (Fsp3) is 0.381. The van der Waals surface area contributed by atoms with Crippen LogP contribution >= 0.6 is 11.6 Å². The number of halogens is 2. The third-order valence-electron chi connectivity index (χ3n) is 5.07. The van der Waals surface area contributed by atoms with Gasteiger partial charge >= 0.3 is 0 Å². The van der Waals surface area contributed by atoms with E-state index in [1.165, 1.54) is 12.1 Å². The molecule has 0 radical (unpaired) electrons. The van der Waals surface area contributed by atoms with Crippen LogP contribution in [0.3, 0.4) is 0 Å². The lowest BCUT2D eigenvalue weighted by Gasteiger charge is -2.42. The van der Waals surface area contributed by atoms with Gasteiger partial charge in [0.05, 0.1) is 12.6 Å². The smallest absolute Gasteiger partial charge is 0.253 e. The van der Waals surface area contributed by atoms with Crippen LogP contribution in [0, 0.1) is 5.82 Å². The fourth-order valence-corrected chi connectivity index (χ4v) is 3.50. The van der Waals surface area contributed by atoms with Gasteiger partial charge in [0.25, 0.3) is 5.91 Å². The van der Waals surface area contributed by atoms with Gasteiger partial charge in [-0.05, 0) is 61.3 Å². The van der Waals surface area contributed by atoms with E-state index in [1.54, 1.807) is 41.3 Å². The van der Waals surface area contributed by atoms with Gasteiger partial charge in [-0.25, -0.2) is 4.39 Å². The van der Waals surface area contributed by atoms with E-state index in [1.807, 2.05) is 0 Å². The molecule has 28 heavy (non-hydrogen) atoms. The Hall–Kier alpha value is -1.99. The zero-order valence-corrected chi connectivity index (χ0v) is 16.2. The van der Waals surface area contributed by atoms with Crippen molar-refractivity contribution >= 4 is 17.5 Å². The molecule has 3 N–H and O–H groups in total. The highest BCUT2D eigenvalue weighted by molar-refractivity contribution is 6.30. The molecular weight excluding hydrogens is 383 g/mol. The summed E-state index contributed by atoms with van der Waals surface area (Å²) in [6.07, 6.45) is 0.0510. The predicted molar refractivity (Wildman–Crippen MR) is 106 cm³/mol. The molecule has 0 aromatic heterocycles. The quantitative estimate of drug-likeness (QED) is 0.643. The minimum atomic E-state index is -1.43. The second kappa shape index (κ2) is 9.01. The number of hydrogen-bond donors (Lipinski definition) is 3. The molecular formula is C21H24ClFN2O3. The molecule has 1 amide bonds. The Morgan fingerprint density at radius 3 is 2.57 bits per heavy atom. The van der Waals surface area contributed by atoms with Gasteiger partial charge in [0, 0.05) is 23.7 Å². The number of nitrogens with zero attached hydrogens (tertiary/aromatic N) is 1. The average molecular weight is 407 g/mol. The average Bonchev–Trinajstić information content (AvgIpc) is 2.69. The number of likely N-dealkylation sites (tertiary alicyclic amines) is 1. The van der Waals surface area contributed by atoms with Crippen LogP contribution in [0.2, 0.25) is 5.02 Å². The molecule has 0 saturated carbocycles. The molecule has 3 rings (SSSR count). The maximum Gasteiger partial charge on any atom is 0.253 e. The number of β-amino-alcohol motifs (C(OH)–C–C–N with tert-alkyl or cyclic N) is 1. The molecule has 7 heteroatoms. The predicted octanol–water partition coefficient (Wildman–Crippen LogP) is 2.25. The van der Waals surface area contributed by atoms with Crippen molar-refractivity contribution < 1.29 is 19.4 Å². The van der Waals surface area contributed by atoms with Gasteiger partial charge in [-0.1, -0.05) is 23.7 Å². The Balaban J connectivity index is 1.55. The first-order valence-corrected chi connectivity index (χ1v) is 9.66. The van der Waals surface area contributed by atoms with Crippen LogP contribution < -0.4 is 5.32 Å². The van der Waals surface area contributed by atoms with Gasteiger partial charge in [-0.15, -0.1) is 0 Å². The molecule has 5 nitrogen and oxygen atoms in total. The van der Waals surface area contributed by atoms with Crippen molar-refractivity contribution in [2.45, 2.75) is 24.5 Å². The van der Waals surface area contributed by atoms with Gasteiger partial charge < -0.3 is 20.4 Å². The molecule has 2 atom stereocenters. The van der Waals surface area contributed by atoms with Crippen LogP contribution in [0.15, 0.2) is 48.5 Å². The lowest BCUT2D eigenvalue weighted by atomic mass is 9.89. The van der Waals surface area contributed by atoms with E-state index < -0.39 is 11.7 Å². The summed E-state index contributed by atoms with van der Waals surface area (Å²) in [6, 6.07) is 12.8. The highest BCUT2D eigenvalue weighted by atomic mass is 35.5. The number of aliphatic hydroxyl groups is 2. The number of amides is 1. The Morgan fingerprint density at radius 2 is 1.89 bits per heavy atom. The van der Waals surface area contributed by atoms with Gasteiger partial charge in [-0.2, -0.15) is 0 Å². The highest BCUT2D eigenvalue weighted by Gasteiger charge is 2.42. The third kappa shape index (κ3) is 5.08. The summed E-state index contributed by atoms with van der Waals surface area (Å²) in [6.45, 7) is 1.13. The summed E-state index contributed by atoms with van der Waals surface area (Å²) in [5.41, 5.74) is 0.0420. The van der Waals surface area contributed by atoms with Crippen LogP contribution in [0.25, 0.3) is 0 Å². The Kier molecular flexibility index (Phi) is 6.67. The Labute approximate surface area is 168 Å². The topological polar surface area (TPSA) is 72.8 Å². The Bertz CT molecular complexity index is 800. The first-order valence-electron chi connectivity index (χ1n) is 9.28. The van der Waals surface area contributed by atoms with Gasteiger partial charge in [-0.3, -0.25) is 4.79 Å². The fourth-order valence-electron chi connectivity index (χ4n) is 3.37. The number of aliphatic hydroxyl groups excluding tert-OH is 1. The summed E-state index contributed by atoms with van der Waals surface area (Å²) in [5, 5.41) is 24.9. The summed E-state index contributed by atoms with van der Waals surface area (Å²) in [7, 11) is 0. The molecule has 1 heterocycles. The number of hydrogen-bond acceptors (Lipinski definition) is 4. The van der Waals surface area contributed by atoms with Crippen molar-refractivity contribution in [2.75, 3.05) is 26.2 Å². The first kappa shape index (κ1) is 20.7. The van der Waals surface area contributed by atoms with Crippen molar-refractivity contribution in [1.29, 1.82) is 0 Å². The van der Waals surface area contributed by atoms with Gasteiger partial charge in [0.2, 0.25) is 0 Å². The van der Waals surface area contributed by atoms with Crippen molar-refractivity contribution in [3.05, 3.63) is 70.5 Å². The van der Waals surface area contributed by atoms with Crippen molar-refractivity contribution in [3.63, 3.8) is 0 Å². The van der Waals surface area contributed by atoms with Crippen LogP contribution in [0.4, 0.5) is 4.39 Å². The zero-order valence-electron chi connectivity index (χ0n) is 15.4. The largest absolute Gasteiger partial charge is 0.390 e. The van der Waals surface area contributed by atoms with Crippen molar-refractivity contribution in [2.24, 2.45) is 0 Å². The first-order chi connectivity index (χ1) is 13.4. The minimum absolute atomic E-state index is 0.0408. The van der Waals surface area contributed by atoms with Crippen molar-refractivity contribution in [1.82, 2.24) is 10.2 Å². The standard InChI is InChI=1S/C21H24ClFN2O3/c22-17-5-3-16(4-6-17)20(27)25-12-10-19(26)21(28,14-25)13-24-11-9-15-1-7-18(23)8-2-15/h1-8,19,24,26,28H,9-14H2/t19-,21+/m0/s1. The van der Waals surface area contributed by atoms with Crippen LogP contribution in [-0.4, -0.2) is 58.9 Å². The molecule has 1 saturated heterocycles. The number of nitrogens with one attached hydrogen (secondary N) is 1.